The summed E-state index contributed by atoms with van der Waals surface area (Å²) in [6.45, 7) is 5.39. The highest BCUT2D eigenvalue weighted by molar-refractivity contribution is 5.72. The highest BCUT2D eigenvalue weighted by Crippen LogP contribution is 2.29. The van der Waals surface area contributed by atoms with Crippen LogP contribution in [0.2, 0.25) is 0 Å². The number of aryl methyl sites for hydroxylation is 2. The van der Waals surface area contributed by atoms with Gasteiger partial charge in [-0.15, -0.1) is 0 Å². The second-order valence-corrected chi connectivity index (χ2v) is 9.24. The molecule has 35 heavy (non-hydrogen) atoms. The van der Waals surface area contributed by atoms with E-state index >= 15 is 0 Å². The number of fused-ring (bicyclic) bond motifs is 1. The van der Waals surface area contributed by atoms with E-state index in [1.807, 2.05) is 70.6 Å². The summed E-state index contributed by atoms with van der Waals surface area (Å²) in [6.07, 6.45) is 3.66. The van der Waals surface area contributed by atoms with Gasteiger partial charge in [-0.2, -0.15) is 10.4 Å². The zero-order valence-electron chi connectivity index (χ0n) is 20.3. The molecule has 1 aliphatic rings. The maximum atomic E-state index is 14.1. The predicted molar refractivity (Wildman–Crippen MR) is 137 cm³/mol. The van der Waals surface area contributed by atoms with Gasteiger partial charge in [-0.3, -0.25) is 9.36 Å². The minimum Gasteiger partial charge on any atom is -0.381 e. The van der Waals surface area contributed by atoms with Gasteiger partial charge in [0.25, 0.3) is 5.56 Å². The summed E-state index contributed by atoms with van der Waals surface area (Å²) in [5.41, 5.74) is 6.82. The zero-order valence-corrected chi connectivity index (χ0v) is 20.3. The summed E-state index contributed by atoms with van der Waals surface area (Å²) in [7, 11) is 0. The number of nitrogens with zero attached hydrogens (tertiary/aromatic N) is 4. The molecule has 4 aromatic rings. The molecule has 1 saturated heterocycles. The molecule has 0 spiro atoms. The molecule has 3 heterocycles. The first-order chi connectivity index (χ1) is 17.1. The normalized spacial score (nSPS) is 14.3. The maximum Gasteiger partial charge on any atom is 0.257 e. The average Bonchev–Trinajstić information content (AvgIpc) is 3.27. The maximum absolute atomic E-state index is 14.1. The molecule has 5 rings (SSSR count). The number of rotatable bonds is 6. The number of ether oxygens (including phenoxy) is 1. The van der Waals surface area contributed by atoms with E-state index in [0.717, 1.165) is 65.0 Å². The van der Waals surface area contributed by atoms with Crippen molar-refractivity contribution in [3.63, 3.8) is 0 Å². The Labute approximate surface area is 205 Å². The zero-order chi connectivity index (χ0) is 24.4. The fourth-order valence-electron chi connectivity index (χ4n) is 5.25. The van der Waals surface area contributed by atoms with Crippen LogP contribution >= 0.6 is 0 Å². The van der Waals surface area contributed by atoms with Gasteiger partial charge in [-0.1, -0.05) is 61.9 Å². The quantitative estimate of drug-likeness (QED) is 0.390. The van der Waals surface area contributed by atoms with E-state index in [4.69, 9.17) is 9.84 Å². The van der Waals surface area contributed by atoms with Crippen molar-refractivity contribution in [3.8, 4) is 17.2 Å². The molecule has 2 aromatic heterocycles. The van der Waals surface area contributed by atoms with E-state index in [0.29, 0.717) is 25.2 Å². The van der Waals surface area contributed by atoms with Crippen LogP contribution in [0.15, 0.2) is 59.4 Å². The lowest BCUT2D eigenvalue weighted by atomic mass is 9.92. The topological polar surface area (TPSA) is 72.3 Å². The number of hydrogen-bond donors (Lipinski definition) is 0. The number of hydrogen-bond acceptors (Lipinski definition) is 4. The van der Waals surface area contributed by atoms with Crippen molar-refractivity contribution in [1.29, 1.82) is 5.26 Å². The molecule has 2 aromatic carbocycles. The Morgan fingerprint density at radius 3 is 2.60 bits per heavy atom. The molecule has 1 fully saturated rings. The molecule has 1 aliphatic heterocycles. The molecule has 6 heteroatoms. The molecule has 0 atom stereocenters. The van der Waals surface area contributed by atoms with Crippen LogP contribution in [0.1, 0.15) is 60.3 Å². The van der Waals surface area contributed by atoms with Gasteiger partial charge in [0, 0.05) is 37.3 Å². The number of nitriles is 1. The van der Waals surface area contributed by atoms with Crippen LogP contribution in [0, 0.1) is 18.3 Å². The van der Waals surface area contributed by atoms with Crippen molar-refractivity contribution < 1.29 is 4.74 Å². The van der Waals surface area contributed by atoms with Crippen molar-refractivity contribution in [2.75, 3.05) is 13.2 Å². The predicted octanol–water partition coefficient (Wildman–Crippen LogP) is 5.24. The largest absolute Gasteiger partial charge is 0.381 e. The van der Waals surface area contributed by atoms with Crippen LogP contribution in [0.3, 0.4) is 0 Å². The minimum atomic E-state index is 0.0294. The smallest absolute Gasteiger partial charge is 0.257 e. The van der Waals surface area contributed by atoms with E-state index in [2.05, 4.69) is 13.0 Å². The molecular weight excluding hydrogens is 436 g/mol. The van der Waals surface area contributed by atoms with Crippen molar-refractivity contribution in [3.05, 3.63) is 93.0 Å². The van der Waals surface area contributed by atoms with Gasteiger partial charge in [0.2, 0.25) is 0 Å². The Kier molecular flexibility index (Phi) is 6.52. The molecule has 0 saturated carbocycles. The van der Waals surface area contributed by atoms with Crippen molar-refractivity contribution in [2.24, 2.45) is 0 Å². The summed E-state index contributed by atoms with van der Waals surface area (Å²) in [5, 5.41) is 14.9. The van der Waals surface area contributed by atoms with Gasteiger partial charge in [-0.25, -0.2) is 4.52 Å². The molecule has 0 amide bonds. The highest BCUT2D eigenvalue weighted by Gasteiger charge is 2.25. The third-order valence-corrected chi connectivity index (χ3v) is 6.90. The van der Waals surface area contributed by atoms with Crippen molar-refractivity contribution >= 4 is 5.65 Å². The van der Waals surface area contributed by atoms with Gasteiger partial charge in [0.15, 0.2) is 0 Å². The molecular formula is C29H30N4O2. The van der Waals surface area contributed by atoms with E-state index in [1.165, 1.54) is 0 Å². The lowest BCUT2D eigenvalue weighted by Crippen LogP contribution is -2.34. The molecule has 0 N–H and O–H groups in total. The Balaban J connectivity index is 1.71. The van der Waals surface area contributed by atoms with Crippen LogP contribution < -0.4 is 5.56 Å². The summed E-state index contributed by atoms with van der Waals surface area (Å²) < 4.78 is 9.48. The first-order valence-electron chi connectivity index (χ1n) is 12.4. The van der Waals surface area contributed by atoms with Gasteiger partial charge >= 0.3 is 0 Å². The molecule has 0 radical (unpaired) electrons. The Morgan fingerprint density at radius 1 is 1.11 bits per heavy atom. The second-order valence-electron chi connectivity index (χ2n) is 9.24. The fraction of sp³-hybridized carbons (Fsp3) is 0.345. The van der Waals surface area contributed by atoms with Crippen LogP contribution in [0.25, 0.3) is 16.8 Å². The van der Waals surface area contributed by atoms with E-state index in [1.54, 1.807) is 0 Å². The lowest BCUT2D eigenvalue weighted by Gasteiger charge is -2.26. The Hall–Kier alpha value is -3.69. The van der Waals surface area contributed by atoms with Gasteiger partial charge in [0.05, 0.1) is 17.0 Å². The molecule has 0 unspecified atom stereocenters. The van der Waals surface area contributed by atoms with Gasteiger partial charge in [0.1, 0.15) is 11.7 Å². The summed E-state index contributed by atoms with van der Waals surface area (Å²) >= 11 is 0. The average molecular weight is 467 g/mol. The number of benzene rings is 2. The highest BCUT2D eigenvalue weighted by atomic mass is 16.5. The van der Waals surface area contributed by atoms with Crippen molar-refractivity contribution in [2.45, 2.75) is 52.0 Å². The number of aromatic nitrogens is 3. The van der Waals surface area contributed by atoms with Gasteiger partial charge in [-0.05, 0) is 42.9 Å². The van der Waals surface area contributed by atoms with E-state index in [9.17, 15) is 10.1 Å². The second kappa shape index (κ2) is 9.89. The molecule has 0 aliphatic carbocycles. The summed E-state index contributed by atoms with van der Waals surface area (Å²) in [6, 6.07) is 20.4. The Bertz CT molecular complexity index is 1450. The van der Waals surface area contributed by atoms with Crippen molar-refractivity contribution in [1.82, 2.24) is 14.2 Å². The van der Waals surface area contributed by atoms with Crippen LogP contribution in [0.5, 0.6) is 0 Å². The molecule has 178 valence electrons. The first-order valence-corrected chi connectivity index (χ1v) is 12.4. The first kappa shape index (κ1) is 23.1. The Morgan fingerprint density at radius 2 is 1.89 bits per heavy atom. The lowest BCUT2D eigenvalue weighted by molar-refractivity contribution is 0.0694. The monoisotopic (exact) mass is 466 g/mol. The van der Waals surface area contributed by atoms with E-state index in [-0.39, 0.29) is 11.6 Å². The summed E-state index contributed by atoms with van der Waals surface area (Å²) in [4.78, 5) is 14.1. The third kappa shape index (κ3) is 4.28. The fourth-order valence-corrected chi connectivity index (χ4v) is 5.25. The standard InChI is InChI=1S/C29H30N4O2/c1-3-8-27-25(18-22-11-7-12-24(26(22)19-30)21-9-5-4-6-10-21)29(34)32(23-13-15-35-16-14-23)28-17-20(2)31-33(27)28/h4-7,9-12,17,23H,3,8,13-16,18H2,1-2H3. The van der Waals surface area contributed by atoms with Gasteiger partial charge < -0.3 is 4.74 Å². The minimum absolute atomic E-state index is 0.0294. The van der Waals surface area contributed by atoms with E-state index < -0.39 is 0 Å². The van der Waals surface area contributed by atoms with Crippen LogP contribution in [-0.2, 0) is 17.6 Å². The molecule has 6 nitrogen and oxygen atoms in total. The third-order valence-electron chi connectivity index (χ3n) is 6.90. The molecule has 0 bridgehead atoms. The van der Waals surface area contributed by atoms with Crippen LogP contribution in [-0.4, -0.2) is 27.4 Å². The SMILES string of the molecule is CCCc1c(Cc2cccc(-c3ccccc3)c2C#N)c(=O)n(C2CCOCC2)c2cc(C)nn12. The summed E-state index contributed by atoms with van der Waals surface area (Å²) in [5.74, 6) is 0. The van der Waals surface area contributed by atoms with Crippen LogP contribution in [0.4, 0.5) is 0 Å².